The van der Waals surface area contributed by atoms with E-state index in [1.165, 1.54) is 11.1 Å². The summed E-state index contributed by atoms with van der Waals surface area (Å²) in [4.78, 5) is 2.25. The van der Waals surface area contributed by atoms with E-state index in [4.69, 9.17) is 10.00 Å². The third-order valence-corrected chi connectivity index (χ3v) is 3.26. The van der Waals surface area contributed by atoms with Crippen LogP contribution in [0.3, 0.4) is 0 Å². The first-order chi connectivity index (χ1) is 7.76. The van der Waals surface area contributed by atoms with Crippen LogP contribution in [0.4, 0.5) is 0 Å². The monoisotopic (exact) mass is 216 g/mol. The van der Waals surface area contributed by atoms with Gasteiger partial charge in [0.05, 0.1) is 19.6 Å². The van der Waals surface area contributed by atoms with Crippen LogP contribution in [0.5, 0.6) is 5.75 Å². The van der Waals surface area contributed by atoms with Gasteiger partial charge in [-0.2, -0.15) is 5.26 Å². The zero-order valence-electron chi connectivity index (χ0n) is 9.73. The zero-order valence-corrected chi connectivity index (χ0v) is 9.73. The molecule has 0 fully saturated rings. The molecule has 1 aromatic carbocycles. The second-order valence-corrected chi connectivity index (χ2v) is 4.17. The fourth-order valence-electron chi connectivity index (χ4n) is 2.29. The average molecular weight is 216 g/mol. The molecule has 16 heavy (non-hydrogen) atoms. The predicted molar refractivity (Wildman–Crippen MR) is 62.3 cm³/mol. The van der Waals surface area contributed by atoms with Crippen LogP contribution in [0.25, 0.3) is 0 Å². The van der Waals surface area contributed by atoms with Crippen molar-refractivity contribution in [2.24, 2.45) is 0 Å². The van der Waals surface area contributed by atoms with Crippen LogP contribution in [0, 0.1) is 11.3 Å². The first-order valence-electron chi connectivity index (χ1n) is 5.50. The fraction of sp³-hybridized carbons (Fsp3) is 0.462. The largest absolute Gasteiger partial charge is 0.497 e. The molecule has 1 heterocycles. The number of nitriles is 1. The third kappa shape index (κ3) is 1.89. The Morgan fingerprint density at radius 2 is 2.38 bits per heavy atom. The summed E-state index contributed by atoms with van der Waals surface area (Å²) in [5.41, 5.74) is 2.59. The summed E-state index contributed by atoms with van der Waals surface area (Å²) < 4.78 is 5.22. The first-order valence-corrected chi connectivity index (χ1v) is 5.50. The standard InChI is InChI=1S/C13H16N2O/c1-15-8-6-10-9-11(16-2)3-4-12(10)13(15)5-7-14/h3-4,9,13H,5-6,8H2,1-2H3. The van der Waals surface area contributed by atoms with E-state index in [1.807, 2.05) is 6.07 Å². The quantitative estimate of drug-likeness (QED) is 0.760. The van der Waals surface area contributed by atoms with E-state index in [9.17, 15) is 0 Å². The Morgan fingerprint density at radius 1 is 1.56 bits per heavy atom. The Morgan fingerprint density at radius 3 is 3.06 bits per heavy atom. The SMILES string of the molecule is COc1ccc2c(c1)CCN(C)C2CC#N. The number of nitrogens with zero attached hydrogens (tertiary/aromatic N) is 2. The van der Waals surface area contributed by atoms with Gasteiger partial charge in [-0.25, -0.2) is 0 Å². The van der Waals surface area contributed by atoms with Gasteiger partial charge in [-0.15, -0.1) is 0 Å². The molecule has 1 aliphatic rings. The predicted octanol–water partition coefficient (Wildman–Crippen LogP) is 2.14. The van der Waals surface area contributed by atoms with Crippen LogP contribution in [0.15, 0.2) is 18.2 Å². The van der Waals surface area contributed by atoms with Crippen LogP contribution in [-0.2, 0) is 6.42 Å². The third-order valence-electron chi connectivity index (χ3n) is 3.26. The van der Waals surface area contributed by atoms with Gasteiger partial charge in [0.1, 0.15) is 5.75 Å². The van der Waals surface area contributed by atoms with Crippen molar-refractivity contribution in [1.29, 1.82) is 5.26 Å². The van der Waals surface area contributed by atoms with Crippen molar-refractivity contribution >= 4 is 0 Å². The van der Waals surface area contributed by atoms with Crippen molar-refractivity contribution in [3.63, 3.8) is 0 Å². The number of fused-ring (bicyclic) bond motifs is 1. The van der Waals surface area contributed by atoms with Gasteiger partial charge in [-0.3, -0.25) is 4.90 Å². The minimum absolute atomic E-state index is 0.236. The summed E-state index contributed by atoms with van der Waals surface area (Å²) in [6.45, 7) is 1.01. The summed E-state index contributed by atoms with van der Waals surface area (Å²) in [7, 11) is 3.76. The van der Waals surface area contributed by atoms with E-state index < -0.39 is 0 Å². The molecular formula is C13H16N2O. The maximum absolute atomic E-state index is 8.86. The van der Waals surface area contributed by atoms with Gasteiger partial charge in [0.2, 0.25) is 0 Å². The molecule has 3 heteroatoms. The van der Waals surface area contributed by atoms with E-state index in [0.29, 0.717) is 6.42 Å². The average Bonchev–Trinajstić information content (AvgIpc) is 2.32. The molecule has 84 valence electrons. The van der Waals surface area contributed by atoms with E-state index in [2.05, 4.69) is 30.1 Å². The molecule has 1 unspecified atom stereocenters. The van der Waals surface area contributed by atoms with Crippen LogP contribution < -0.4 is 4.74 Å². The molecule has 0 aliphatic carbocycles. The number of benzene rings is 1. The van der Waals surface area contributed by atoms with Gasteiger partial charge in [-0.05, 0) is 36.7 Å². The topological polar surface area (TPSA) is 36.3 Å². The minimum atomic E-state index is 0.236. The van der Waals surface area contributed by atoms with Gasteiger partial charge in [-0.1, -0.05) is 6.07 Å². The summed E-state index contributed by atoms with van der Waals surface area (Å²) in [5, 5.41) is 8.86. The van der Waals surface area contributed by atoms with Gasteiger partial charge in [0.25, 0.3) is 0 Å². The van der Waals surface area contributed by atoms with E-state index in [1.54, 1.807) is 7.11 Å². The lowest BCUT2D eigenvalue weighted by atomic mass is 9.91. The molecule has 0 amide bonds. The number of methoxy groups -OCH3 is 1. The molecule has 0 aromatic heterocycles. The lowest BCUT2D eigenvalue weighted by molar-refractivity contribution is 0.233. The van der Waals surface area contributed by atoms with Gasteiger partial charge >= 0.3 is 0 Å². The molecule has 1 atom stereocenters. The van der Waals surface area contributed by atoms with Crippen molar-refractivity contribution in [2.75, 3.05) is 20.7 Å². The Balaban J connectivity index is 2.37. The van der Waals surface area contributed by atoms with Crippen molar-refractivity contribution in [1.82, 2.24) is 4.90 Å². The number of ether oxygens (including phenoxy) is 1. The Labute approximate surface area is 96.2 Å². The molecule has 2 rings (SSSR count). The molecule has 1 aromatic rings. The van der Waals surface area contributed by atoms with Crippen molar-refractivity contribution < 1.29 is 4.74 Å². The summed E-state index contributed by atoms with van der Waals surface area (Å²) >= 11 is 0. The molecule has 0 saturated heterocycles. The molecule has 0 saturated carbocycles. The number of likely N-dealkylation sites (N-methyl/N-ethyl adjacent to an activating group) is 1. The van der Waals surface area contributed by atoms with Crippen molar-refractivity contribution in [3.05, 3.63) is 29.3 Å². The second kappa shape index (κ2) is 4.54. The van der Waals surface area contributed by atoms with Crippen molar-refractivity contribution in [3.8, 4) is 11.8 Å². The number of hydrogen-bond acceptors (Lipinski definition) is 3. The van der Waals surface area contributed by atoms with Crippen LogP contribution >= 0.6 is 0 Å². The highest BCUT2D eigenvalue weighted by atomic mass is 16.5. The Hall–Kier alpha value is -1.53. The van der Waals surface area contributed by atoms with E-state index in [0.717, 1.165) is 18.7 Å². The van der Waals surface area contributed by atoms with Crippen LogP contribution in [0.2, 0.25) is 0 Å². The molecule has 1 aliphatic heterocycles. The molecule has 0 radical (unpaired) electrons. The molecule has 0 N–H and O–H groups in total. The summed E-state index contributed by atoms with van der Waals surface area (Å²) in [5.74, 6) is 0.902. The zero-order chi connectivity index (χ0) is 11.5. The number of hydrogen-bond donors (Lipinski definition) is 0. The normalized spacial score (nSPS) is 19.9. The highest BCUT2D eigenvalue weighted by Gasteiger charge is 2.24. The molecule has 0 bridgehead atoms. The maximum atomic E-state index is 8.86. The van der Waals surface area contributed by atoms with Crippen LogP contribution in [0.1, 0.15) is 23.6 Å². The fourth-order valence-corrected chi connectivity index (χ4v) is 2.29. The van der Waals surface area contributed by atoms with Gasteiger partial charge < -0.3 is 4.74 Å². The Kier molecular flexibility index (Phi) is 3.12. The smallest absolute Gasteiger partial charge is 0.119 e. The maximum Gasteiger partial charge on any atom is 0.119 e. The van der Waals surface area contributed by atoms with E-state index in [-0.39, 0.29) is 6.04 Å². The van der Waals surface area contributed by atoms with Gasteiger partial charge in [0, 0.05) is 12.6 Å². The number of rotatable bonds is 2. The highest BCUT2D eigenvalue weighted by molar-refractivity contribution is 5.39. The molecule has 3 nitrogen and oxygen atoms in total. The van der Waals surface area contributed by atoms with Crippen LogP contribution in [-0.4, -0.2) is 25.6 Å². The highest BCUT2D eigenvalue weighted by Crippen LogP contribution is 2.32. The summed E-state index contributed by atoms with van der Waals surface area (Å²) in [6, 6.07) is 8.65. The molecule has 0 spiro atoms. The van der Waals surface area contributed by atoms with E-state index >= 15 is 0 Å². The summed E-state index contributed by atoms with van der Waals surface area (Å²) in [6.07, 6.45) is 1.58. The van der Waals surface area contributed by atoms with Crippen molar-refractivity contribution in [2.45, 2.75) is 18.9 Å². The lowest BCUT2D eigenvalue weighted by Crippen LogP contribution is -2.31. The van der Waals surface area contributed by atoms with Gasteiger partial charge in [0.15, 0.2) is 0 Å². The minimum Gasteiger partial charge on any atom is -0.497 e. The second-order valence-electron chi connectivity index (χ2n) is 4.17. The lowest BCUT2D eigenvalue weighted by Gasteiger charge is -2.33. The molecular weight excluding hydrogens is 200 g/mol. The first kappa shape index (κ1) is 11.0. The Bertz CT molecular complexity index is 422.